The molecule has 0 bridgehead atoms. The molecule has 0 saturated heterocycles. The molecule has 16 heavy (non-hydrogen) atoms. The van der Waals surface area contributed by atoms with Gasteiger partial charge in [0.05, 0.1) is 13.7 Å². The van der Waals surface area contributed by atoms with Crippen LogP contribution in [0.25, 0.3) is 0 Å². The minimum absolute atomic E-state index is 0.0764. The summed E-state index contributed by atoms with van der Waals surface area (Å²) in [5.41, 5.74) is 10.4. The summed E-state index contributed by atoms with van der Waals surface area (Å²) in [7, 11) is 1.21. The summed E-state index contributed by atoms with van der Waals surface area (Å²) < 4.78 is 4.39. The number of guanidine groups is 1. The number of nitro groups is 1. The predicted octanol–water partition coefficient (Wildman–Crippen LogP) is -1.35. The van der Waals surface area contributed by atoms with Crippen LogP contribution in [-0.4, -0.2) is 41.7 Å². The minimum Gasteiger partial charge on any atom is -0.468 e. The van der Waals surface area contributed by atoms with Gasteiger partial charge in [0.25, 0.3) is 5.96 Å². The maximum absolute atomic E-state index is 10.9. The van der Waals surface area contributed by atoms with Gasteiger partial charge >= 0.3 is 5.97 Å². The summed E-state index contributed by atoms with van der Waals surface area (Å²) in [4.78, 5) is 21.3. The Bertz CT molecular complexity index is 268. The molecule has 0 aliphatic heterocycles. The van der Waals surface area contributed by atoms with Crippen molar-refractivity contribution >= 4 is 11.9 Å². The fraction of sp³-hybridized carbons (Fsp3) is 0.714. The van der Waals surface area contributed by atoms with E-state index in [2.05, 4.69) is 4.74 Å². The molecule has 0 saturated carbocycles. The largest absolute Gasteiger partial charge is 0.468 e. The Kier molecular flexibility index (Phi) is 5.78. The first-order chi connectivity index (χ1) is 7.40. The quantitative estimate of drug-likeness (QED) is 0.169. The second kappa shape index (κ2) is 6.56. The van der Waals surface area contributed by atoms with E-state index >= 15 is 0 Å². The summed E-state index contributed by atoms with van der Waals surface area (Å²) >= 11 is 0. The molecule has 0 aliphatic rings. The number of hydrogen-bond donors (Lipinski definition) is 3. The third-order valence-electron chi connectivity index (χ3n) is 1.86. The molecule has 9 nitrogen and oxygen atoms in total. The molecular weight excluding hydrogens is 218 g/mol. The van der Waals surface area contributed by atoms with Crippen LogP contribution in [0.4, 0.5) is 0 Å². The van der Waals surface area contributed by atoms with Gasteiger partial charge in [-0.15, -0.1) is 0 Å². The molecule has 1 atom stereocenters. The van der Waals surface area contributed by atoms with Crippen molar-refractivity contribution in [3.8, 4) is 0 Å². The molecule has 0 rings (SSSR count). The standard InChI is InChI=1S/C7H15N5O4/c1-16-6(13)5(8)3-2-4-11(7(9)10)12(14)15/h5H,2-4,8H2,1H3,(H3,9,10)/t5-/m0/s1. The first-order valence-corrected chi connectivity index (χ1v) is 4.49. The van der Waals surface area contributed by atoms with Crippen LogP contribution >= 0.6 is 0 Å². The second-order valence-electron chi connectivity index (χ2n) is 3.02. The minimum atomic E-state index is -0.814. The Morgan fingerprint density at radius 3 is 2.62 bits per heavy atom. The van der Waals surface area contributed by atoms with Gasteiger partial charge in [0.15, 0.2) is 5.03 Å². The molecule has 0 aromatic heterocycles. The lowest BCUT2D eigenvalue weighted by atomic mass is 10.2. The van der Waals surface area contributed by atoms with Crippen LogP contribution in [0.3, 0.4) is 0 Å². The average molecular weight is 233 g/mol. The molecule has 0 heterocycles. The van der Waals surface area contributed by atoms with E-state index in [0.717, 1.165) is 0 Å². The maximum Gasteiger partial charge on any atom is 0.322 e. The molecule has 0 aromatic carbocycles. The molecule has 0 aromatic rings. The highest BCUT2D eigenvalue weighted by Crippen LogP contribution is 1.99. The Hall–Kier alpha value is -1.90. The number of hydrogen-bond acceptors (Lipinski definition) is 6. The second-order valence-corrected chi connectivity index (χ2v) is 3.02. The Labute approximate surface area is 92.0 Å². The lowest BCUT2D eigenvalue weighted by Crippen LogP contribution is -2.42. The highest BCUT2D eigenvalue weighted by Gasteiger charge is 2.19. The summed E-state index contributed by atoms with van der Waals surface area (Å²) in [6.45, 7) is -0.0764. The van der Waals surface area contributed by atoms with Gasteiger partial charge in [-0.3, -0.25) is 10.2 Å². The van der Waals surface area contributed by atoms with E-state index in [-0.39, 0.29) is 19.4 Å². The van der Waals surface area contributed by atoms with E-state index in [9.17, 15) is 14.9 Å². The smallest absolute Gasteiger partial charge is 0.322 e. The monoisotopic (exact) mass is 233 g/mol. The molecule has 0 spiro atoms. The first-order valence-electron chi connectivity index (χ1n) is 4.49. The Morgan fingerprint density at radius 1 is 1.69 bits per heavy atom. The van der Waals surface area contributed by atoms with Crippen molar-refractivity contribution in [1.29, 1.82) is 5.41 Å². The van der Waals surface area contributed by atoms with Gasteiger partial charge in [-0.25, -0.2) is 10.1 Å². The molecule has 0 radical (unpaired) electrons. The summed E-state index contributed by atoms with van der Waals surface area (Å²) in [6.07, 6.45) is 0.487. The van der Waals surface area contributed by atoms with Crippen LogP contribution in [0.1, 0.15) is 12.8 Å². The third kappa shape index (κ3) is 4.55. The highest BCUT2D eigenvalue weighted by molar-refractivity contribution is 5.75. The first kappa shape index (κ1) is 14.1. The topological polar surface area (TPSA) is 149 Å². The zero-order valence-electron chi connectivity index (χ0n) is 8.88. The van der Waals surface area contributed by atoms with Crippen LogP contribution in [0.15, 0.2) is 0 Å². The normalized spacial score (nSPS) is 11.6. The average Bonchev–Trinajstić information content (AvgIpc) is 2.21. The van der Waals surface area contributed by atoms with Crippen molar-refractivity contribution in [2.45, 2.75) is 18.9 Å². The molecular formula is C7H15N5O4. The molecule has 0 aliphatic carbocycles. The third-order valence-corrected chi connectivity index (χ3v) is 1.86. The number of carbonyl (C=O) groups excluding carboxylic acids is 1. The molecule has 5 N–H and O–H groups in total. The zero-order valence-corrected chi connectivity index (χ0v) is 8.88. The number of nitrogens with two attached hydrogens (primary N) is 2. The number of methoxy groups -OCH3 is 1. The lowest BCUT2D eigenvalue weighted by molar-refractivity contribution is -0.629. The van der Waals surface area contributed by atoms with Crippen LogP contribution in [-0.2, 0) is 9.53 Å². The van der Waals surface area contributed by atoms with Crippen molar-refractivity contribution in [3.63, 3.8) is 0 Å². The number of carbonyl (C=O) groups is 1. The molecule has 0 amide bonds. The molecule has 0 unspecified atom stereocenters. The van der Waals surface area contributed by atoms with Gasteiger partial charge in [0.2, 0.25) is 0 Å². The SMILES string of the molecule is COC(=O)[C@@H](N)CCCN(C(=N)N)[N+](=O)[O-]. The van der Waals surface area contributed by atoms with Crippen molar-refractivity contribution < 1.29 is 14.6 Å². The van der Waals surface area contributed by atoms with E-state index in [0.29, 0.717) is 5.01 Å². The van der Waals surface area contributed by atoms with Crippen LogP contribution < -0.4 is 11.5 Å². The van der Waals surface area contributed by atoms with Crippen LogP contribution in [0.5, 0.6) is 0 Å². The Balaban J connectivity index is 4.00. The number of hydrazine groups is 1. The fourth-order valence-electron chi connectivity index (χ4n) is 1.02. The lowest BCUT2D eigenvalue weighted by Gasteiger charge is -2.13. The van der Waals surface area contributed by atoms with E-state index in [1.807, 2.05) is 0 Å². The van der Waals surface area contributed by atoms with Gasteiger partial charge in [-0.1, -0.05) is 5.01 Å². The van der Waals surface area contributed by atoms with Crippen molar-refractivity contribution in [2.75, 3.05) is 13.7 Å². The summed E-state index contributed by atoms with van der Waals surface area (Å²) in [6, 6.07) is -0.814. The van der Waals surface area contributed by atoms with Crippen molar-refractivity contribution in [1.82, 2.24) is 5.01 Å². The maximum atomic E-state index is 10.9. The van der Waals surface area contributed by atoms with Gasteiger partial charge in [-0.05, 0) is 12.8 Å². The predicted molar refractivity (Wildman–Crippen MR) is 54.8 cm³/mol. The van der Waals surface area contributed by atoms with Crippen LogP contribution in [0.2, 0.25) is 0 Å². The van der Waals surface area contributed by atoms with Gasteiger partial charge in [-0.2, -0.15) is 0 Å². The van der Waals surface area contributed by atoms with Crippen molar-refractivity contribution in [2.24, 2.45) is 11.5 Å². The van der Waals surface area contributed by atoms with Crippen LogP contribution in [0, 0.1) is 15.5 Å². The highest BCUT2D eigenvalue weighted by atomic mass is 16.7. The molecule has 92 valence electrons. The fourth-order valence-corrected chi connectivity index (χ4v) is 1.02. The van der Waals surface area contributed by atoms with E-state index in [1.54, 1.807) is 0 Å². The molecule has 0 fully saturated rings. The zero-order chi connectivity index (χ0) is 12.7. The number of rotatable bonds is 6. The summed E-state index contributed by atoms with van der Waals surface area (Å²) in [5, 5.41) is 17.0. The van der Waals surface area contributed by atoms with Gasteiger partial charge < -0.3 is 16.2 Å². The number of nitrogens with zero attached hydrogens (tertiary/aromatic N) is 2. The van der Waals surface area contributed by atoms with Gasteiger partial charge in [0.1, 0.15) is 6.04 Å². The number of esters is 1. The summed E-state index contributed by atoms with van der Waals surface area (Å²) in [5.74, 6) is -1.23. The van der Waals surface area contributed by atoms with Crippen molar-refractivity contribution in [3.05, 3.63) is 10.1 Å². The Morgan fingerprint density at radius 2 is 2.25 bits per heavy atom. The number of nitrogens with one attached hydrogen (secondary N) is 1. The van der Waals surface area contributed by atoms with Gasteiger partial charge in [0, 0.05) is 0 Å². The molecule has 9 heteroatoms. The van der Waals surface area contributed by atoms with E-state index in [4.69, 9.17) is 16.9 Å². The number of ether oxygens (including phenoxy) is 1. The van der Waals surface area contributed by atoms with E-state index < -0.39 is 23.0 Å². The van der Waals surface area contributed by atoms with E-state index in [1.165, 1.54) is 7.11 Å².